The highest BCUT2D eigenvalue weighted by Gasteiger charge is 2.22. The Labute approximate surface area is 111 Å². The summed E-state index contributed by atoms with van der Waals surface area (Å²) in [6.07, 6.45) is 0.805. The molecule has 0 aliphatic carbocycles. The smallest absolute Gasteiger partial charge is 0.267 e. The second-order valence-corrected chi connectivity index (χ2v) is 5.25. The molecule has 0 aliphatic heterocycles. The molecule has 0 aliphatic rings. The van der Waals surface area contributed by atoms with E-state index in [2.05, 4.69) is 0 Å². The number of carbonyl (C=O) groups excluding carboxylic acids is 1. The largest absolute Gasteiger partial charge is 0.495 e. The molecule has 0 bridgehead atoms. The van der Waals surface area contributed by atoms with Crippen molar-refractivity contribution in [1.82, 2.24) is 4.90 Å². The molecule has 96 valence electrons. The highest BCUT2D eigenvalue weighted by molar-refractivity contribution is 7.12. The fourth-order valence-corrected chi connectivity index (χ4v) is 2.50. The number of rotatable bonds is 6. The number of ether oxygens (including phenoxy) is 1. The van der Waals surface area contributed by atoms with Crippen molar-refractivity contribution in [1.29, 1.82) is 0 Å². The lowest BCUT2D eigenvalue weighted by Gasteiger charge is -2.26. The third kappa shape index (κ3) is 3.61. The van der Waals surface area contributed by atoms with E-state index in [0.29, 0.717) is 23.1 Å². The number of carbonyl (C=O) groups is 1. The van der Waals surface area contributed by atoms with Crippen molar-refractivity contribution in [3.05, 3.63) is 16.3 Å². The summed E-state index contributed by atoms with van der Waals surface area (Å²) in [7, 11) is 1.58. The molecule has 1 rings (SSSR count). The fraction of sp³-hybridized carbons (Fsp3) is 0.583. The SMILES string of the molecule is COc1ccsc1C(=O)N(CCCCl)C(C)C. The molecule has 1 heterocycles. The number of hydrogen-bond donors (Lipinski definition) is 0. The molecule has 0 unspecified atom stereocenters. The van der Waals surface area contributed by atoms with Crippen LogP contribution < -0.4 is 4.74 Å². The van der Waals surface area contributed by atoms with Crippen LogP contribution in [0.25, 0.3) is 0 Å². The monoisotopic (exact) mass is 275 g/mol. The van der Waals surface area contributed by atoms with Crippen LogP contribution in [0.5, 0.6) is 5.75 Å². The lowest BCUT2D eigenvalue weighted by molar-refractivity contribution is 0.0708. The molecular weight excluding hydrogens is 258 g/mol. The summed E-state index contributed by atoms with van der Waals surface area (Å²) < 4.78 is 5.18. The van der Waals surface area contributed by atoms with Gasteiger partial charge in [0, 0.05) is 18.5 Å². The van der Waals surface area contributed by atoms with E-state index in [-0.39, 0.29) is 11.9 Å². The Bertz CT molecular complexity index is 365. The predicted octanol–water partition coefficient (Wildman–Crippen LogP) is 3.24. The third-order valence-electron chi connectivity index (χ3n) is 2.46. The van der Waals surface area contributed by atoms with Crippen LogP contribution in [0.2, 0.25) is 0 Å². The molecule has 0 aromatic carbocycles. The zero-order valence-electron chi connectivity index (χ0n) is 10.4. The van der Waals surface area contributed by atoms with Gasteiger partial charge in [-0.05, 0) is 31.7 Å². The van der Waals surface area contributed by atoms with Gasteiger partial charge in [-0.15, -0.1) is 22.9 Å². The van der Waals surface area contributed by atoms with Gasteiger partial charge in [0.15, 0.2) is 0 Å². The summed E-state index contributed by atoms with van der Waals surface area (Å²) in [4.78, 5) is 14.8. The van der Waals surface area contributed by atoms with Crippen molar-refractivity contribution in [3.63, 3.8) is 0 Å². The maximum atomic E-state index is 12.3. The molecule has 17 heavy (non-hydrogen) atoms. The zero-order valence-corrected chi connectivity index (χ0v) is 12.0. The van der Waals surface area contributed by atoms with E-state index in [4.69, 9.17) is 16.3 Å². The maximum Gasteiger partial charge on any atom is 0.267 e. The molecular formula is C12H18ClNO2S. The first kappa shape index (κ1) is 14.3. The lowest BCUT2D eigenvalue weighted by Crippen LogP contribution is -2.37. The summed E-state index contributed by atoms with van der Waals surface area (Å²) >= 11 is 7.09. The molecule has 0 fully saturated rings. The van der Waals surface area contributed by atoms with E-state index in [1.807, 2.05) is 30.2 Å². The summed E-state index contributed by atoms with van der Waals surface area (Å²) in [5.74, 6) is 1.24. The zero-order chi connectivity index (χ0) is 12.8. The summed E-state index contributed by atoms with van der Waals surface area (Å²) in [5, 5.41) is 1.87. The van der Waals surface area contributed by atoms with Crippen LogP contribution in [-0.4, -0.2) is 36.4 Å². The molecule has 5 heteroatoms. The maximum absolute atomic E-state index is 12.3. The van der Waals surface area contributed by atoms with Crippen LogP contribution in [0, 0.1) is 0 Å². The number of amides is 1. The van der Waals surface area contributed by atoms with Crippen molar-refractivity contribution >= 4 is 28.8 Å². The van der Waals surface area contributed by atoms with Gasteiger partial charge in [0.2, 0.25) is 0 Å². The van der Waals surface area contributed by atoms with Crippen LogP contribution in [0.3, 0.4) is 0 Å². The van der Waals surface area contributed by atoms with Crippen molar-refractivity contribution in [3.8, 4) is 5.75 Å². The molecule has 1 aromatic rings. The molecule has 0 saturated heterocycles. The van der Waals surface area contributed by atoms with Gasteiger partial charge in [0.25, 0.3) is 5.91 Å². The predicted molar refractivity (Wildman–Crippen MR) is 72.4 cm³/mol. The first-order chi connectivity index (χ1) is 8.11. The van der Waals surface area contributed by atoms with E-state index in [0.717, 1.165) is 6.42 Å². The van der Waals surface area contributed by atoms with Gasteiger partial charge in [-0.3, -0.25) is 4.79 Å². The van der Waals surface area contributed by atoms with Gasteiger partial charge in [0.05, 0.1) is 7.11 Å². The molecule has 0 spiro atoms. The Morgan fingerprint density at radius 2 is 2.29 bits per heavy atom. The average Bonchev–Trinajstić information content (AvgIpc) is 2.76. The van der Waals surface area contributed by atoms with Crippen molar-refractivity contribution in [2.24, 2.45) is 0 Å². The van der Waals surface area contributed by atoms with E-state index in [9.17, 15) is 4.79 Å². The van der Waals surface area contributed by atoms with Gasteiger partial charge in [-0.25, -0.2) is 0 Å². The Kier molecular flexibility index (Phi) is 5.78. The van der Waals surface area contributed by atoms with Crippen LogP contribution in [0.4, 0.5) is 0 Å². The minimum absolute atomic E-state index is 0.0250. The van der Waals surface area contributed by atoms with E-state index >= 15 is 0 Å². The Hall–Kier alpha value is -0.740. The lowest BCUT2D eigenvalue weighted by atomic mass is 10.2. The van der Waals surface area contributed by atoms with E-state index in [1.165, 1.54) is 11.3 Å². The Morgan fingerprint density at radius 3 is 2.82 bits per heavy atom. The normalized spacial score (nSPS) is 10.6. The molecule has 1 amide bonds. The number of hydrogen-bond acceptors (Lipinski definition) is 3. The molecule has 0 N–H and O–H groups in total. The molecule has 0 saturated carbocycles. The fourth-order valence-electron chi connectivity index (χ4n) is 1.57. The topological polar surface area (TPSA) is 29.5 Å². The summed E-state index contributed by atoms with van der Waals surface area (Å²) in [6.45, 7) is 4.69. The van der Waals surface area contributed by atoms with Crippen molar-refractivity contribution in [2.75, 3.05) is 19.5 Å². The number of thiophene rings is 1. The van der Waals surface area contributed by atoms with Crippen LogP contribution in [0.1, 0.15) is 29.9 Å². The third-order valence-corrected chi connectivity index (χ3v) is 3.61. The van der Waals surface area contributed by atoms with Crippen LogP contribution in [0.15, 0.2) is 11.4 Å². The first-order valence-corrected chi connectivity index (χ1v) is 7.01. The van der Waals surface area contributed by atoms with E-state index < -0.39 is 0 Å². The number of alkyl halides is 1. The Morgan fingerprint density at radius 1 is 1.59 bits per heavy atom. The number of nitrogens with zero attached hydrogens (tertiary/aromatic N) is 1. The molecule has 0 radical (unpaired) electrons. The number of methoxy groups -OCH3 is 1. The molecule has 1 aromatic heterocycles. The minimum Gasteiger partial charge on any atom is -0.495 e. The highest BCUT2D eigenvalue weighted by Crippen LogP contribution is 2.26. The first-order valence-electron chi connectivity index (χ1n) is 5.60. The minimum atomic E-state index is 0.0250. The van der Waals surface area contributed by atoms with Crippen molar-refractivity contribution < 1.29 is 9.53 Å². The quantitative estimate of drug-likeness (QED) is 0.746. The second kappa shape index (κ2) is 6.87. The van der Waals surface area contributed by atoms with Crippen LogP contribution >= 0.6 is 22.9 Å². The van der Waals surface area contributed by atoms with E-state index in [1.54, 1.807) is 7.11 Å². The second-order valence-electron chi connectivity index (χ2n) is 3.95. The van der Waals surface area contributed by atoms with Gasteiger partial charge < -0.3 is 9.64 Å². The average molecular weight is 276 g/mol. The summed E-state index contributed by atoms with van der Waals surface area (Å²) in [6, 6.07) is 1.98. The van der Waals surface area contributed by atoms with Gasteiger partial charge in [-0.1, -0.05) is 0 Å². The van der Waals surface area contributed by atoms with Crippen molar-refractivity contribution in [2.45, 2.75) is 26.3 Å². The molecule has 3 nitrogen and oxygen atoms in total. The highest BCUT2D eigenvalue weighted by atomic mass is 35.5. The van der Waals surface area contributed by atoms with Gasteiger partial charge >= 0.3 is 0 Å². The Balaban J connectivity index is 2.84. The summed E-state index contributed by atoms with van der Waals surface area (Å²) in [5.41, 5.74) is 0. The molecule has 0 atom stereocenters. The van der Waals surface area contributed by atoms with Crippen LogP contribution in [-0.2, 0) is 0 Å². The van der Waals surface area contributed by atoms with Gasteiger partial charge in [-0.2, -0.15) is 0 Å². The number of halogens is 1. The van der Waals surface area contributed by atoms with Gasteiger partial charge in [0.1, 0.15) is 10.6 Å². The standard InChI is InChI=1S/C12H18ClNO2S/c1-9(2)14(7-4-6-13)12(15)11-10(16-3)5-8-17-11/h5,8-9H,4,6-7H2,1-3H3.